The fraction of sp³-hybridized carbons (Fsp3) is 0.700. The lowest BCUT2D eigenvalue weighted by atomic mass is 9.79. The van der Waals surface area contributed by atoms with E-state index in [0.29, 0.717) is 24.0 Å². The van der Waals surface area contributed by atoms with Gasteiger partial charge in [0.25, 0.3) is 0 Å². The van der Waals surface area contributed by atoms with Crippen LogP contribution in [-0.2, 0) is 11.3 Å². The lowest BCUT2D eigenvalue weighted by molar-refractivity contribution is -0.0369. The Balaban J connectivity index is 1.41. The minimum atomic E-state index is 0.277. The van der Waals surface area contributed by atoms with Crippen LogP contribution in [-0.4, -0.2) is 56.5 Å². The first-order chi connectivity index (χ1) is 12.8. The van der Waals surface area contributed by atoms with E-state index in [-0.39, 0.29) is 5.54 Å². The predicted molar refractivity (Wildman–Crippen MR) is 102 cm³/mol. The van der Waals surface area contributed by atoms with E-state index in [2.05, 4.69) is 16.3 Å². The molecule has 0 bridgehead atoms. The zero-order chi connectivity index (χ0) is 17.8. The summed E-state index contributed by atoms with van der Waals surface area (Å²) in [5.41, 5.74) is 1.42. The molecule has 1 saturated carbocycles. The van der Waals surface area contributed by atoms with Gasteiger partial charge in [-0.2, -0.15) is 0 Å². The van der Waals surface area contributed by atoms with E-state index in [1.54, 1.807) is 0 Å². The number of rotatable bonds is 5. The first kappa shape index (κ1) is 18.4. The number of ether oxygens (including phenoxy) is 3. The molecule has 2 aliphatic heterocycles. The van der Waals surface area contributed by atoms with Gasteiger partial charge in [0.05, 0.1) is 18.2 Å². The third-order valence-electron chi connectivity index (χ3n) is 5.91. The van der Waals surface area contributed by atoms with E-state index in [9.17, 15) is 0 Å². The number of nitrogens with one attached hydrogen (secondary N) is 1. The van der Waals surface area contributed by atoms with Crippen molar-refractivity contribution in [2.75, 3.05) is 46.1 Å². The topological polar surface area (TPSA) is 43.0 Å². The van der Waals surface area contributed by atoms with Crippen LogP contribution in [0.3, 0.4) is 0 Å². The molecular weight excluding hydrogens is 352 g/mol. The molecular formula is C20H29ClN2O3. The van der Waals surface area contributed by atoms with Crippen molar-refractivity contribution < 1.29 is 14.2 Å². The molecule has 1 aromatic rings. The van der Waals surface area contributed by atoms with E-state index in [4.69, 9.17) is 25.8 Å². The molecule has 0 amide bonds. The van der Waals surface area contributed by atoms with Crippen molar-refractivity contribution in [3.05, 3.63) is 22.7 Å². The van der Waals surface area contributed by atoms with Crippen LogP contribution in [0.25, 0.3) is 0 Å². The van der Waals surface area contributed by atoms with Crippen molar-refractivity contribution in [3.63, 3.8) is 0 Å². The molecule has 1 saturated heterocycles. The third-order valence-corrected chi connectivity index (χ3v) is 6.19. The van der Waals surface area contributed by atoms with Gasteiger partial charge >= 0.3 is 0 Å². The van der Waals surface area contributed by atoms with E-state index in [0.717, 1.165) is 50.7 Å². The number of nitrogens with zero attached hydrogens (tertiary/aromatic N) is 1. The largest absolute Gasteiger partial charge is 0.486 e. The normalized spacial score (nSPS) is 23.0. The maximum Gasteiger partial charge on any atom is 0.179 e. The molecule has 1 aromatic carbocycles. The number of halogens is 1. The van der Waals surface area contributed by atoms with Gasteiger partial charge in [0.1, 0.15) is 13.2 Å². The van der Waals surface area contributed by atoms with Gasteiger partial charge in [-0.3, -0.25) is 4.90 Å². The fourth-order valence-corrected chi connectivity index (χ4v) is 4.85. The molecule has 4 rings (SSSR count). The molecule has 0 radical (unpaired) electrons. The first-order valence-electron chi connectivity index (χ1n) is 9.88. The molecule has 3 aliphatic rings. The molecule has 2 heterocycles. The summed E-state index contributed by atoms with van der Waals surface area (Å²) in [5, 5.41) is 4.34. The van der Waals surface area contributed by atoms with Crippen molar-refractivity contribution in [2.45, 2.75) is 44.2 Å². The van der Waals surface area contributed by atoms with Gasteiger partial charge in [-0.25, -0.2) is 0 Å². The van der Waals surface area contributed by atoms with Gasteiger partial charge < -0.3 is 19.5 Å². The Morgan fingerprint density at radius 3 is 2.58 bits per heavy atom. The summed E-state index contributed by atoms with van der Waals surface area (Å²) in [7, 11) is 0. The van der Waals surface area contributed by atoms with Crippen molar-refractivity contribution in [1.82, 2.24) is 10.2 Å². The van der Waals surface area contributed by atoms with Crippen molar-refractivity contribution >= 4 is 11.6 Å². The van der Waals surface area contributed by atoms with E-state index in [1.165, 1.54) is 32.1 Å². The zero-order valence-electron chi connectivity index (χ0n) is 15.4. The van der Waals surface area contributed by atoms with Crippen LogP contribution in [0, 0.1) is 0 Å². The van der Waals surface area contributed by atoms with Gasteiger partial charge in [-0.1, -0.05) is 30.9 Å². The SMILES string of the molecule is Clc1cc(CNCC2(N3CCOCC3)CCCCC2)cc2c1OCCO2. The second-order valence-electron chi connectivity index (χ2n) is 7.59. The number of hydrogen-bond donors (Lipinski definition) is 1. The number of hydrogen-bond acceptors (Lipinski definition) is 5. The van der Waals surface area contributed by atoms with Gasteiger partial charge in [0.15, 0.2) is 11.5 Å². The standard InChI is InChI=1S/C20H29ClN2O3/c21-17-12-16(13-18-19(17)26-11-10-25-18)14-22-15-20(4-2-1-3-5-20)23-6-8-24-9-7-23/h12-13,22H,1-11,14-15H2. The van der Waals surface area contributed by atoms with Crippen LogP contribution in [0.15, 0.2) is 12.1 Å². The summed E-state index contributed by atoms with van der Waals surface area (Å²) in [6.07, 6.45) is 6.58. The minimum absolute atomic E-state index is 0.277. The Kier molecular flexibility index (Phi) is 5.89. The Hall–Kier alpha value is -1.01. The molecule has 144 valence electrons. The monoisotopic (exact) mass is 380 g/mol. The van der Waals surface area contributed by atoms with Gasteiger partial charge in [0, 0.05) is 31.7 Å². The van der Waals surface area contributed by atoms with Crippen LogP contribution >= 0.6 is 11.6 Å². The minimum Gasteiger partial charge on any atom is -0.486 e. The summed E-state index contributed by atoms with van der Waals surface area (Å²) in [6.45, 7) is 6.78. The van der Waals surface area contributed by atoms with Crippen molar-refractivity contribution in [1.29, 1.82) is 0 Å². The molecule has 0 spiro atoms. The second kappa shape index (κ2) is 8.34. The molecule has 1 aliphatic carbocycles. The Bertz CT molecular complexity index is 613. The van der Waals surface area contributed by atoms with Crippen LogP contribution < -0.4 is 14.8 Å². The zero-order valence-corrected chi connectivity index (χ0v) is 16.2. The summed E-state index contributed by atoms with van der Waals surface area (Å²) < 4.78 is 16.9. The fourth-order valence-electron chi connectivity index (χ4n) is 4.56. The van der Waals surface area contributed by atoms with Gasteiger partial charge in [-0.15, -0.1) is 0 Å². The quantitative estimate of drug-likeness (QED) is 0.849. The van der Waals surface area contributed by atoms with Crippen LogP contribution in [0.5, 0.6) is 11.5 Å². The van der Waals surface area contributed by atoms with E-state index >= 15 is 0 Å². The van der Waals surface area contributed by atoms with Gasteiger partial charge in [-0.05, 0) is 30.5 Å². The second-order valence-corrected chi connectivity index (χ2v) is 8.00. The molecule has 26 heavy (non-hydrogen) atoms. The molecule has 6 heteroatoms. The van der Waals surface area contributed by atoms with E-state index in [1.807, 2.05) is 6.07 Å². The highest BCUT2D eigenvalue weighted by Crippen LogP contribution is 2.38. The van der Waals surface area contributed by atoms with Crippen LogP contribution in [0.2, 0.25) is 5.02 Å². The third kappa shape index (κ3) is 3.96. The smallest absolute Gasteiger partial charge is 0.179 e. The van der Waals surface area contributed by atoms with E-state index < -0.39 is 0 Å². The predicted octanol–water partition coefficient (Wildman–Crippen LogP) is 3.24. The van der Waals surface area contributed by atoms with Crippen LogP contribution in [0.4, 0.5) is 0 Å². The average Bonchev–Trinajstić information content (AvgIpc) is 2.69. The number of benzene rings is 1. The Labute approximate surface area is 160 Å². The summed E-state index contributed by atoms with van der Waals surface area (Å²) in [6, 6.07) is 4.04. The highest BCUT2D eigenvalue weighted by molar-refractivity contribution is 6.32. The van der Waals surface area contributed by atoms with Crippen LogP contribution in [0.1, 0.15) is 37.7 Å². The lowest BCUT2D eigenvalue weighted by Gasteiger charge is -2.48. The van der Waals surface area contributed by atoms with Crippen molar-refractivity contribution in [2.24, 2.45) is 0 Å². The highest BCUT2D eigenvalue weighted by atomic mass is 35.5. The maximum absolute atomic E-state index is 6.37. The number of morpholine rings is 1. The number of fused-ring (bicyclic) bond motifs is 1. The lowest BCUT2D eigenvalue weighted by Crippen LogP contribution is -2.59. The van der Waals surface area contributed by atoms with Gasteiger partial charge in [0.2, 0.25) is 0 Å². The Morgan fingerprint density at radius 1 is 1.00 bits per heavy atom. The first-order valence-corrected chi connectivity index (χ1v) is 10.3. The molecule has 5 nitrogen and oxygen atoms in total. The molecule has 0 aromatic heterocycles. The molecule has 0 unspecified atom stereocenters. The van der Waals surface area contributed by atoms with Crippen molar-refractivity contribution in [3.8, 4) is 11.5 Å². The molecule has 1 N–H and O–H groups in total. The highest BCUT2D eigenvalue weighted by Gasteiger charge is 2.38. The summed E-state index contributed by atoms with van der Waals surface area (Å²) >= 11 is 6.37. The maximum atomic E-state index is 6.37. The molecule has 0 atom stereocenters. The molecule has 2 fully saturated rings. The summed E-state index contributed by atoms with van der Waals surface area (Å²) in [5.74, 6) is 1.44. The average molecular weight is 381 g/mol. The summed E-state index contributed by atoms with van der Waals surface area (Å²) in [4.78, 5) is 2.67. The Morgan fingerprint density at radius 2 is 1.77 bits per heavy atom.